The molecule has 2 aromatic rings. The van der Waals surface area contributed by atoms with Crippen molar-refractivity contribution in [1.82, 2.24) is 5.43 Å². The highest BCUT2D eigenvalue weighted by Gasteiger charge is 2.08. The summed E-state index contributed by atoms with van der Waals surface area (Å²) in [5.41, 5.74) is 4.70. The predicted octanol–water partition coefficient (Wildman–Crippen LogP) is 3.51. The molecule has 0 saturated heterocycles. The van der Waals surface area contributed by atoms with Gasteiger partial charge in [-0.15, -0.1) is 11.3 Å². The highest BCUT2D eigenvalue weighted by molar-refractivity contribution is 7.17. The minimum absolute atomic E-state index is 0.125. The molecule has 0 aliphatic heterocycles. The van der Waals surface area contributed by atoms with Gasteiger partial charge in [0.2, 0.25) is 5.91 Å². The van der Waals surface area contributed by atoms with Gasteiger partial charge in [-0.3, -0.25) is 9.59 Å². The molecular weight excluding hydrogens is 322 g/mol. The third-order valence-electron chi connectivity index (χ3n) is 2.75. The molecule has 0 spiro atoms. The maximum Gasteiger partial charge on any atom is 0.281 e. The van der Waals surface area contributed by atoms with Crippen LogP contribution in [0.4, 0.5) is 5.69 Å². The Labute approximate surface area is 137 Å². The molecular formula is C15H14ClN3O2S. The first-order valence-electron chi connectivity index (χ1n) is 6.43. The van der Waals surface area contributed by atoms with E-state index in [-0.39, 0.29) is 11.8 Å². The van der Waals surface area contributed by atoms with Gasteiger partial charge in [0.25, 0.3) is 5.91 Å². The van der Waals surface area contributed by atoms with Crippen LogP contribution in [-0.2, 0) is 4.79 Å². The number of hydrogen-bond donors (Lipinski definition) is 2. The second-order valence-electron chi connectivity index (χ2n) is 4.50. The number of anilines is 1. The number of hydrogen-bond acceptors (Lipinski definition) is 4. The van der Waals surface area contributed by atoms with Crippen molar-refractivity contribution in [3.05, 3.63) is 51.2 Å². The third-order valence-corrected chi connectivity index (χ3v) is 3.98. The molecule has 0 bridgehead atoms. The van der Waals surface area contributed by atoms with E-state index in [0.29, 0.717) is 20.6 Å². The van der Waals surface area contributed by atoms with E-state index >= 15 is 0 Å². The molecule has 114 valence electrons. The van der Waals surface area contributed by atoms with Crippen LogP contribution in [0.3, 0.4) is 0 Å². The van der Waals surface area contributed by atoms with E-state index in [9.17, 15) is 9.59 Å². The lowest BCUT2D eigenvalue weighted by atomic mass is 10.1. The van der Waals surface area contributed by atoms with Crippen molar-refractivity contribution < 1.29 is 9.59 Å². The number of rotatable bonds is 4. The Morgan fingerprint density at radius 3 is 2.32 bits per heavy atom. The first-order valence-corrected chi connectivity index (χ1v) is 7.63. The monoisotopic (exact) mass is 335 g/mol. The number of carbonyl (C=O) groups excluding carboxylic acids is 2. The molecule has 2 amide bonds. The molecule has 2 rings (SSSR count). The van der Waals surface area contributed by atoms with Crippen LogP contribution in [0.2, 0.25) is 4.34 Å². The molecule has 0 atom stereocenters. The molecule has 22 heavy (non-hydrogen) atoms. The van der Waals surface area contributed by atoms with Crippen molar-refractivity contribution in [2.75, 3.05) is 5.32 Å². The lowest BCUT2D eigenvalue weighted by Crippen LogP contribution is -2.18. The second-order valence-corrected chi connectivity index (χ2v) is 6.22. The SMILES string of the molecule is CC(=O)Nc1ccc(/C(C)=N/NC(=O)c2ccc(Cl)s2)cc1. The fourth-order valence-electron chi connectivity index (χ4n) is 1.69. The summed E-state index contributed by atoms with van der Waals surface area (Å²) >= 11 is 6.98. The van der Waals surface area contributed by atoms with Gasteiger partial charge < -0.3 is 5.32 Å². The highest BCUT2D eigenvalue weighted by atomic mass is 35.5. The van der Waals surface area contributed by atoms with Crippen molar-refractivity contribution in [3.63, 3.8) is 0 Å². The quantitative estimate of drug-likeness (QED) is 0.663. The van der Waals surface area contributed by atoms with Crippen LogP contribution in [0.15, 0.2) is 41.5 Å². The van der Waals surface area contributed by atoms with Gasteiger partial charge in [0.15, 0.2) is 0 Å². The number of amides is 2. The zero-order valence-corrected chi connectivity index (χ0v) is 13.6. The van der Waals surface area contributed by atoms with Gasteiger partial charge in [-0.05, 0) is 36.8 Å². The molecule has 0 radical (unpaired) electrons. The van der Waals surface area contributed by atoms with E-state index in [1.807, 2.05) is 12.1 Å². The summed E-state index contributed by atoms with van der Waals surface area (Å²) in [4.78, 5) is 23.3. The Hall–Kier alpha value is -2.18. The van der Waals surface area contributed by atoms with Crippen molar-refractivity contribution in [2.45, 2.75) is 13.8 Å². The molecule has 0 aliphatic rings. The smallest absolute Gasteiger partial charge is 0.281 e. The predicted molar refractivity (Wildman–Crippen MR) is 89.8 cm³/mol. The van der Waals surface area contributed by atoms with Crippen molar-refractivity contribution in [3.8, 4) is 0 Å². The van der Waals surface area contributed by atoms with E-state index in [1.54, 1.807) is 31.2 Å². The van der Waals surface area contributed by atoms with Gasteiger partial charge in [-0.25, -0.2) is 5.43 Å². The summed E-state index contributed by atoms with van der Waals surface area (Å²) in [6.07, 6.45) is 0. The van der Waals surface area contributed by atoms with Crippen molar-refractivity contribution in [1.29, 1.82) is 0 Å². The Bertz CT molecular complexity index is 723. The molecule has 5 nitrogen and oxygen atoms in total. The average Bonchev–Trinajstić information content (AvgIpc) is 2.91. The summed E-state index contributed by atoms with van der Waals surface area (Å²) in [6.45, 7) is 3.24. The van der Waals surface area contributed by atoms with E-state index in [0.717, 1.165) is 5.56 Å². The number of thiophene rings is 1. The number of halogens is 1. The normalized spacial score (nSPS) is 11.1. The van der Waals surface area contributed by atoms with Gasteiger partial charge in [0.1, 0.15) is 0 Å². The Morgan fingerprint density at radius 2 is 1.77 bits per heavy atom. The number of nitrogens with one attached hydrogen (secondary N) is 2. The Kier molecular flexibility index (Phi) is 5.30. The third kappa shape index (κ3) is 4.41. The molecule has 2 N–H and O–H groups in total. The molecule has 0 unspecified atom stereocenters. The molecule has 1 heterocycles. The first kappa shape index (κ1) is 16.2. The van der Waals surface area contributed by atoms with Gasteiger partial charge in [-0.1, -0.05) is 23.7 Å². The molecule has 0 saturated carbocycles. The maximum absolute atomic E-state index is 11.9. The lowest BCUT2D eigenvalue weighted by molar-refractivity contribution is -0.114. The van der Waals surface area contributed by atoms with Gasteiger partial charge in [0.05, 0.1) is 14.9 Å². The largest absolute Gasteiger partial charge is 0.326 e. The van der Waals surface area contributed by atoms with Crippen LogP contribution in [0.1, 0.15) is 29.1 Å². The summed E-state index contributed by atoms with van der Waals surface area (Å²) in [5, 5.41) is 6.75. The van der Waals surface area contributed by atoms with Crippen LogP contribution < -0.4 is 10.7 Å². The zero-order valence-electron chi connectivity index (χ0n) is 12.0. The minimum Gasteiger partial charge on any atom is -0.326 e. The topological polar surface area (TPSA) is 70.6 Å². The number of benzene rings is 1. The van der Waals surface area contributed by atoms with Gasteiger partial charge >= 0.3 is 0 Å². The van der Waals surface area contributed by atoms with Crippen LogP contribution in [-0.4, -0.2) is 17.5 Å². The van der Waals surface area contributed by atoms with E-state index in [2.05, 4.69) is 15.8 Å². The van der Waals surface area contributed by atoms with Gasteiger partial charge in [-0.2, -0.15) is 5.10 Å². The molecule has 1 aromatic carbocycles. The zero-order chi connectivity index (χ0) is 16.1. The van der Waals surface area contributed by atoms with E-state index in [4.69, 9.17) is 11.6 Å². The first-order chi connectivity index (χ1) is 10.5. The van der Waals surface area contributed by atoms with Crippen molar-refractivity contribution in [2.24, 2.45) is 5.10 Å². The average molecular weight is 336 g/mol. The molecule has 0 aliphatic carbocycles. The number of hydrazone groups is 1. The van der Waals surface area contributed by atoms with E-state index < -0.39 is 0 Å². The molecule has 0 fully saturated rings. The second kappa shape index (κ2) is 7.20. The van der Waals surface area contributed by atoms with Crippen LogP contribution in [0, 0.1) is 0 Å². The summed E-state index contributed by atoms with van der Waals surface area (Å²) in [5.74, 6) is -0.425. The van der Waals surface area contributed by atoms with Crippen LogP contribution in [0.25, 0.3) is 0 Å². The van der Waals surface area contributed by atoms with Gasteiger partial charge in [0, 0.05) is 12.6 Å². The van der Waals surface area contributed by atoms with Crippen LogP contribution >= 0.6 is 22.9 Å². The fraction of sp³-hybridized carbons (Fsp3) is 0.133. The number of carbonyl (C=O) groups is 2. The molecule has 1 aromatic heterocycles. The van der Waals surface area contributed by atoms with Crippen molar-refractivity contribution >= 4 is 46.2 Å². The lowest BCUT2D eigenvalue weighted by Gasteiger charge is -2.05. The highest BCUT2D eigenvalue weighted by Crippen LogP contribution is 2.21. The number of nitrogens with zero attached hydrogens (tertiary/aromatic N) is 1. The summed E-state index contributed by atoms with van der Waals surface area (Å²) < 4.78 is 0.555. The minimum atomic E-state index is -0.300. The fourth-order valence-corrected chi connectivity index (χ4v) is 2.62. The van der Waals surface area contributed by atoms with Crippen LogP contribution in [0.5, 0.6) is 0 Å². The van der Waals surface area contributed by atoms with E-state index in [1.165, 1.54) is 18.3 Å². The Balaban J connectivity index is 2.02. The molecule has 7 heteroatoms. The Morgan fingerprint density at radius 1 is 1.09 bits per heavy atom. The standard InChI is InChI=1S/C15H14ClN3O2S/c1-9(11-3-5-12(6-4-11)17-10(2)20)18-19-15(21)13-7-8-14(16)22-13/h3-8H,1-2H3,(H,17,20)(H,19,21)/b18-9+. The summed E-state index contributed by atoms with van der Waals surface area (Å²) in [6, 6.07) is 10.5. The summed E-state index contributed by atoms with van der Waals surface area (Å²) in [7, 11) is 0. The maximum atomic E-state index is 11.9.